The Balaban J connectivity index is 3.10. The molecule has 11 nitrogen and oxygen atoms in total. The number of hydrogen-bond acceptors (Lipinski definition) is 8. The predicted molar refractivity (Wildman–Crippen MR) is 126 cm³/mol. The Morgan fingerprint density at radius 2 is 1.40 bits per heavy atom. The molecular formula is C24H35N3O8. The van der Waals surface area contributed by atoms with Gasteiger partial charge in [0.25, 0.3) is 0 Å². The zero-order chi connectivity index (χ0) is 26.8. The number of ether oxygens (including phenoxy) is 3. The summed E-state index contributed by atoms with van der Waals surface area (Å²) < 4.78 is 15.8. The lowest BCUT2D eigenvalue weighted by Gasteiger charge is -2.28. The van der Waals surface area contributed by atoms with Crippen molar-refractivity contribution >= 4 is 29.8 Å². The van der Waals surface area contributed by atoms with E-state index in [1.165, 1.54) is 0 Å². The molecule has 0 aliphatic heterocycles. The van der Waals surface area contributed by atoms with Crippen molar-refractivity contribution in [1.29, 1.82) is 0 Å². The molecule has 1 aromatic carbocycles. The molecule has 0 bridgehead atoms. The van der Waals surface area contributed by atoms with E-state index in [0.717, 1.165) is 0 Å². The third-order valence-electron chi connectivity index (χ3n) is 4.11. The molecule has 0 aromatic heterocycles. The Bertz CT molecular complexity index is 876. The first-order valence-corrected chi connectivity index (χ1v) is 11.1. The van der Waals surface area contributed by atoms with Crippen LogP contribution in [0.5, 0.6) is 0 Å². The molecule has 194 valence electrons. The second-order valence-corrected chi connectivity index (χ2v) is 9.80. The van der Waals surface area contributed by atoms with Crippen LogP contribution in [0, 0.1) is 5.92 Å². The van der Waals surface area contributed by atoms with Crippen molar-refractivity contribution in [3.8, 4) is 0 Å². The van der Waals surface area contributed by atoms with Gasteiger partial charge in [-0.3, -0.25) is 19.2 Å². The van der Waals surface area contributed by atoms with Crippen molar-refractivity contribution in [1.82, 2.24) is 10.6 Å². The molecule has 0 heterocycles. The third kappa shape index (κ3) is 12.4. The molecule has 4 N–H and O–H groups in total. The lowest BCUT2D eigenvalue weighted by molar-refractivity contribution is -0.175. The van der Waals surface area contributed by atoms with Crippen molar-refractivity contribution in [2.45, 2.75) is 71.8 Å². The molecular weight excluding hydrogens is 458 g/mol. The Morgan fingerprint density at radius 1 is 0.886 bits per heavy atom. The standard InChI is InChI=1S/C24H35N3O8/c1-23(2,3)34-20(30)16(21(31)35-24(4,5)6)12-17(19(29)26-13-18(25)28)27-22(32)33-14-15-10-8-7-9-11-15/h7-11,16-17H,12-14H2,1-6H3,(H2,25,28)(H,26,29)(H,27,32)/t17-/m0/s1. The summed E-state index contributed by atoms with van der Waals surface area (Å²) in [5.41, 5.74) is 3.93. The van der Waals surface area contributed by atoms with Crippen LogP contribution in [-0.4, -0.2) is 53.6 Å². The minimum Gasteiger partial charge on any atom is -0.459 e. The zero-order valence-corrected chi connectivity index (χ0v) is 21.0. The maximum atomic E-state index is 12.8. The van der Waals surface area contributed by atoms with Gasteiger partial charge in [-0.05, 0) is 47.1 Å². The van der Waals surface area contributed by atoms with Gasteiger partial charge in [0.2, 0.25) is 11.8 Å². The Hall–Kier alpha value is -3.63. The van der Waals surface area contributed by atoms with Gasteiger partial charge in [-0.25, -0.2) is 4.79 Å². The highest BCUT2D eigenvalue weighted by molar-refractivity contribution is 5.97. The fourth-order valence-corrected chi connectivity index (χ4v) is 2.71. The summed E-state index contributed by atoms with van der Waals surface area (Å²) >= 11 is 0. The smallest absolute Gasteiger partial charge is 0.408 e. The number of amides is 3. The molecule has 1 aromatic rings. The number of carbonyl (C=O) groups is 5. The summed E-state index contributed by atoms with van der Waals surface area (Å²) in [6, 6.07) is 7.38. The molecule has 0 radical (unpaired) electrons. The van der Waals surface area contributed by atoms with Gasteiger partial charge in [0.05, 0.1) is 6.54 Å². The van der Waals surface area contributed by atoms with Crippen molar-refractivity contribution in [3.63, 3.8) is 0 Å². The maximum Gasteiger partial charge on any atom is 0.408 e. The summed E-state index contributed by atoms with van der Waals surface area (Å²) in [6.07, 6.45) is -1.48. The topological polar surface area (TPSA) is 163 Å². The normalized spacial score (nSPS) is 12.3. The van der Waals surface area contributed by atoms with Gasteiger partial charge in [-0.2, -0.15) is 0 Å². The van der Waals surface area contributed by atoms with E-state index in [1.54, 1.807) is 71.9 Å². The number of esters is 2. The highest BCUT2D eigenvalue weighted by Gasteiger charge is 2.39. The van der Waals surface area contributed by atoms with Crippen molar-refractivity contribution in [2.75, 3.05) is 6.54 Å². The van der Waals surface area contributed by atoms with Gasteiger partial charge in [0, 0.05) is 6.42 Å². The van der Waals surface area contributed by atoms with Crippen LogP contribution in [-0.2, 0) is 40.0 Å². The fraction of sp³-hybridized carbons (Fsp3) is 0.542. The van der Waals surface area contributed by atoms with Gasteiger partial charge < -0.3 is 30.6 Å². The second kappa shape index (κ2) is 12.7. The Labute approximate surface area is 205 Å². The molecule has 3 amide bonds. The maximum absolute atomic E-state index is 12.8. The van der Waals surface area contributed by atoms with Crippen LogP contribution in [0.25, 0.3) is 0 Å². The van der Waals surface area contributed by atoms with Crippen LogP contribution >= 0.6 is 0 Å². The average molecular weight is 494 g/mol. The molecule has 35 heavy (non-hydrogen) atoms. The number of alkyl carbamates (subject to hydrolysis) is 1. The van der Waals surface area contributed by atoms with Crippen LogP contribution in [0.15, 0.2) is 30.3 Å². The minimum absolute atomic E-state index is 0.0795. The van der Waals surface area contributed by atoms with E-state index in [2.05, 4.69) is 10.6 Å². The summed E-state index contributed by atoms with van der Waals surface area (Å²) in [7, 11) is 0. The molecule has 0 spiro atoms. The second-order valence-electron chi connectivity index (χ2n) is 9.80. The van der Waals surface area contributed by atoms with Gasteiger partial charge in [-0.1, -0.05) is 30.3 Å². The minimum atomic E-state index is -1.55. The molecule has 0 aliphatic carbocycles. The summed E-state index contributed by atoms with van der Waals surface area (Å²) in [5.74, 6) is -5.08. The Morgan fingerprint density at radius 3 is 1.86 bits per heavy atom. The van der Waals surface area contributed by atoms with E-state index >= 15 is 0 Å². The van der Waals surface area contributed by atoms with Crippen molar-refractivity contribution < 1.29 is 38.2 Å². The largest absolute Gasteiger partial charge is 0.459 e. The number of nitrogens with one attached hydrogen (secondary N) is 2. The molecule has 11 heteroatoms. The SMILES string of the molecule is CC(C)(C)OC(=O)C(C[C@H](NC(=O)OCc1ccccc1)C(=O)NCC(N)=O)C(=O)OC(C)(C)C. The van der Waals surface area contributed by atoms with Gasteiger partial charge in [-0.15, -0.1) is 0 Å². The first-order chi connectivity index (χ1) is 16.1. The molecule has 1 atom stereocenters. The highest BCUT2D eigenvalue weighted by Crippen LogP contribution is 2.20. The molecule has 0 saturated carbocycles. The molecule has 0 aliphatic rings. The van der Waals surface area contributed by atoms with Crippen molar-refractivity contribution in [3.05, 3.63) is 35.9 Å². The predicted octanol–water partition coefficient (Wildman–Crippen LogP) is 1.57. The van der Waals surface area contributed by atoms with Gasteiger partial charge in [0.15, 0.2) is 5.92 Å². The first kappa shape index (κ1) is 29.4. The van der Waals surface area contributed by atoms with E-state index in [-0.39, 0.29) is 6.61 Å². The summed E-state index contributed by atoms with van der Waals surface area (Å²) in [6.45, 7) is 9.12. The number of primary amides is 1. The van der Waals surface area contributed by atoms with Gasteiger partial charge in [0.1, 0.15) is 23.9 Å². The quantitative estimate of drug-likeness (QED) is 0.251. The van der Waals surface area contributed by atoms with Crippen LogP contribution in [0.4, 0.5) is 4.79 Å². The van der Waals surface area contributed by atoms with E-state index in [0.29, 0.717) is 5.56 Å². The number of benzene rings is 1. The third-order valence-corrected chi connectivity index (χ3v) is 4.11. The van der Waals surface area contributed by atoms with Crippen LogP contribution in [0.2, 0.25) is 0 Å². The lowest BCUT2D eigenvalue weighted by atomic mass is 9.98. The van der Waals surface area contributed by atoms with Crippen LogP contribution in [0.3, 0.4) is 0 Å². The number of rotatable bonds is 10. The average Bonchev–Trinajstić information content (AvgIpc) is 2.71. The fourth-order valence-electron chi connectivity index (χ4n) is 2.71. The van der Waals surface area contributed by atoms with Gasteiger partial charge >= 0.3 is 18.0 Å². The highest BCUT2D eigenvalue weighted by atomic mass is 16.6. The summed E-state index contributed by atoms with van der Waals surface area (Å²) in [4.78, 5) is 61.9. The number of carbonyl (C=O) groups excluding carboxylic acids is 5. The van der Waals surface area contributed by atoms with Crippen LogP contribution in [0.1, 0.15) is 53.5 Å². The van der Waals surface area contributed by atoms with Crippen LogP contribution < -0.4 is 16.4 Å². The van der Waals surface area contributed by atoms with Crippen molar-refractivity contribution in [2.24, 2.45) is 11.7 Å². The Kier molecular flexibility index (Phi) is 10.7. The molecule has 0 fully saturated rings. The van der Waals surface area contributed by atoms with E-state index in [1.807, 2.05) is 0 Å². The lowest BCUT2D eigenvalue weighted by Crippen LogP contribution is -2.51. The summed E-state index contributed by atoms with van der Waals surface area (Å²) in [5, 5.41) is 4.59. The zero-order valence-electron chi connectivity index (χ0n) is 21.0. The number of nitrogens with two attached hydrogens (primary N) is 1. The monoisotopic (exact) mass is 493 g/mol. The van der Waals surface area contributed by atoms with E-state index < -0.39 is 66.0 Å². The first-order valence-electron chi connectivity index (χ1n) is 11.1. The molecule has 0 unspecified atom stereocenters. The molecule has 0 saturated heterocycles. The van der Waals surface area contributed by atoms with E-state index in [4.69, 9.17) is 19.9 Å². The van der Waals surface area contributed by atoms with E-state index in [9.17, 15) is 24.0 Å². The number of hydrogen-bond donors (Lipinski definition) is 3. The molecule has 1 rings (SSSR count).